The minimum absolute atomic E-state index is 0.205. The third-order valence-electron chi connectivity index (χ3n) is 2.92. The predicted molar refractivity (Wildman–Crippen MR) is 74.6 cm³/mol. The highest BCUT2D eigenvalue weighted by molar-refractivity contribution is 5.59. The van der Waals surface area contributed by atoms with Crippen LogP contribution in [0.15, 0.2) is 18.2 Å². The van der Waals surface area contributed by atoms with Crippen LogP contribution in [0.5, 0.6) is 5.75 Å². The second-order valence-corrected chi connectivity index (χ2v) is 5.46. The first-order valence-electron chi connectivity index (χ1n) is 6.13. The largest absolute Gasteiger partial charge is 0.494 e. The molecule has 0 aliphatic carbocycles. The Morgan fingerprint density at radius 3 is 2.47 bits per heavy atom. The molecule has 3 heteroatoms. The van der Waals surface area contributed by atoms with E-state index in [0.717, 1.165) is 17.1 Å². The molecular formula is C14H24N2O. The number of anilines is 2. The second-order valence-electron chi connectivity index (χ2n) is 5.46. The summed E-state index contributed by atoms with van der Waals surface area (Å²) in [6, 6.07) is 6.13. The number of nitrogens with two attached hydrogens (primary N) is 1. The Morgan fingerprint density at radius 2 is 1.94 bits per heavy atom. The van der Waals surface area contributed by atoms with Gasteiger partial charge in [-0.3, -0.25) is 0 Å². The van der Waals surface area contributed by atoms with Crippen LogP contribution in [0.3, 0.4) is 0 Å². The minimum Gasteiger partial charge on any atom is -0.494 e. The molecule has 1 unspecified atom stereocenters. The van der Waals surface area contributed by atoms with Gasteiger partial charge in [0.1, 0.15) is 5.75 Å². The maximum atomic E-state index is 5.85. The highest BCUT2D eigenvalue weighted by atomic mass is 16.5. The van der Waals surface area contributed by atoms with Gasteiger partial charge >= 0.3 is 0 Å². The van der Waals surface area contributed by atoms with Crippen LogP contribution in [-0.4, -0.2) is 12.6 Å². The molecule has 3 nitrogen and oxygen atoms in total. The van der Waals surface area contributed by atoms with Crippen molar-refractivity contribution in [1.82, 2.24) is 0 Å². The maximum Gasteiger partial charge on any atom is 0.123 e. The Balaban J connectivity index is 2.84. The SMILES string of the molecule is CCOc1cc(N)cc(NC(C)C(C)(C)C)c1. The number of ether oxygens (including phenoxy) is 1. The van der Waals surface area contributed by atoms with Crippen molar-refractivity contribution >= 4 is 11.4 Å². The Labute approximate surface area is 104 Å². The van der Waals surface area contributed by atoms with Gasteiger partial charge in [0.15, 0.2) is 0 Å². The van der Waals surface area contributed by atoms with Crippen molar-refractivity contribution in [2.45, 2.75) is 40.7 Å². The van der Waals surface area contributed by atoms with E-state index in [1.807, 2.05) is 25.1 Å². The monoisotopic (exact) mass is 236 g/mol. The summed E-state index contributed by atoms with van der Waals surface area (Å²) in [6.07, 6.45) is 0. The Kier molecular flexibility index (Phi) is 4.27. The summed E-state index contributed by atoms with van der Waals surface area (Å²) >= 11 is 0. The van der Waals surface area contributed by atoms with Crippen LogP contribution in [0.1, 0.15) is 34.6 Å². The molecule has 1 aromatic rings. The van der Waals surface area contributed by atoms with E-state index in [9.17, 15) is 0 Å². The number of nitrogen functional groups attached to an aromatic ring is 1. The lowest BCUT2D eigenvalue weighted by atomic mass is 9.88. The van der Waals surface area contributed by atoms with Gasteiger partial charge in [0.05, 0.1) is 6.61 Å². The summed E-state index contributed by atoms with van der Waals surface area (Å²) in [6.45, 7) is 11.4. The van der Waals surface area contributed by atoms with Crippen LogP contribution in [0, 0.1) is 5.41 Å². The summed E-state index contributed by atoms with van der Waals surface area (Å²) < 4.78 is 5.47. The zero-order valence-electron chi connectivity index (χ0n) is 11.5. The first-order valence-corrected chi connectivity index (χ1v) is 6.13. The molecule has 0 spiro atoms. The van der Waals surface area contributed by atoms with Gasteiger partial charge in [-0.05, 0) is 25.3 Å². The first-order chi connectivity index (χ1) is 7.82. The smallest absolute Gasteiger partial charge is 0.123 e. The molecule has 96 valence electrons. The van der Waals surface area contributed by atoms with E-state index in [1.54, 1.807) is 0 Å². The fourth-order valence-electron chi connectivity index (χ4n) is 1.42. The molecule has 0 amide bonds. The quantitative estimate of drug-likeness (QED) is 0.786. The molecule has 0 saturated heterocycles. The van der Waals surface area contributed by atoms with Crippen molar-refractivity contribution in [1.29, 1.82) is 0 Å². The van der Waals surface area contributed by atoms with E-state index in [1.165, 1.54) is 0 Å². The van der Waals surface area contributed by atoms with Crippen LogP contribution >= 0.6 is 0 Å². The van der Waals surface area contributed by atoms with Crippen LogP contribution in [0.25, 0.3) is 0 Å². The molecule has 0 saturated carbocycles. The molecule has 0 radical (unpaired) electrons. The van der Waals surface area contributed by atoms with Crippen LogP contribution in [0.2, 0.25) is 0 Å². The van der Waals surface area contributed by atoms with Gasteiger partial charge in [-0.1, -0.05) is 20.8 Å². The Bertz CT molecular complexity index is 369. The van der Waals surface area contributed by atoms with Crippen molar-refractivity contribution in [3.05, 3.63) is 18.2 Å². The van der Waals surface area contributed by atoms with Gasteiger partial charge in [0.25, 0.3) is 0 Å². The van der Waals surface area contributed by atoms with E-state index in [4.69, 9.17) is 10.5 Å². The second kappa shape index (κ2) is 5.30. The topological polar surface area (TPSA) is 47.3 Å². The molecule has 0 heterocycles. The maximum absolute atomic E-state index is 5.85. The van der Waals surface area contributed by atoms with E-state index in [-0.39, 0.29) is 5.41 Å². The molecule has 0 fully saturated rings. The fourth-order valence-corrected chi connectivity index (χ4v) is 1.42. The van der Waals surface area contributed by atoms with Crippen molar-refractivity contribution in [2.75, 3.05) is 17.7 Å². The van der Waals surface area contributed by atoms with Crippen molar-refractivity contribution < 1.29 is 4.74 Å². The van der Waals surface area contributed by atoms with Gasteiger partial charge in [0, 0.05) is 29.5 Å². The number of hydrogen-bond donors (Lipinski definition) is 2. The molecule has 0 aliphatic rings. The molecular weight excluding hydrogens is 212 g/mol. The Morgan fingerprint density at radius 1 is 1.29 bits per heavy atom. The van der Waals surface area contributed by atoms with Gasteiger partial charge in [0.2, 0.25) is 0 Å². The lowest BCUT2D eigenvalue weighted by Crippen LogP contribution is -2.30. The standard InChI is InChI=1S/C14H24N2O/c1-6-17-13-8-11(15)7-12(9-13)16-10(2)14(3,4)5/h7-10,16H,6,15H2,1-5H3. The van der Waals surface area contributed by atoms with E-state index >= 15 is 0 Å². The summed E-state index contributed by atoms with van der Waals surface area (Å²) in [4.78, 5) is 0. The van der Waals surface area contributed by atoms with E-state index < -0.39 is 0 Å². The van der Waals surface area contributed by atoms with Crippen molar-refractivity contribution in [3.63, 3.8) is 0 Å². The summed E-state index contributed by atoms with van der Waals surface area (Å²) in [5.41, 5.74) is 7.79. The van der Waals surface area contributed by atoms with E-state index in [0.29, 0.717) is 12.6 Å². The third-order valence-corrected chi connectivity index (χ3v) is 2.92. The van der Waals surface area contributed by atoms with Gasteiger partial charge in [-0.25, -0.2) is 0 Å². The van der Waals surface area contributed by atoms with Crippen molar-refractivity contribution in [2.24, 2.45) is 5.41 Å². The number of benzene rings is 1. The van der Waals surface area contributed by atoms with Crippen LogP contribution < -0.4 is 15.8 Å². The normalized spacial score (nSPS) is 13.2. The lowest BCUT2D eigenvalue weighted by molar-refractivity contribution is 0.340. The molecule has 3 N–H and O–H groups in total. The first kappa shape index (κ1) is 13.7. The molecule has 17 heavy (non-hydrogen) atoms. The van der Waals surface area contributed by atoms with Gasteiger partial charge < -0.3 is 15.8 Å². The van der Waals surface area contributed by atoms with Gasteiger partial charge in [-0.15, -0.1) is 0 Å². The number of hydrogen-bond acceptors (Lipinski definition) is 3. The Hall–Kier alpha value is -1.38. The average molecular weight is 236 g/mol. The summed E-state index contributed by atoms with van der Waals surface area (Å²) in [7, 11) is 0. The zero-order chi connectivity index (χ0) is 13.1. The molecule has 0 bridgehead atoms. The summed E-state index contributed by atoms with van der Waals surface area (Å²) in [5.74, 6) is 0.816. The molecule has 1 rings (SSSR count). The third kappa shape index (κ3) is 4.17. The molecule has 1 aromatic carbocycles. The van der Waals surface area contributed by atoms with E-state index in [2.05, 4.69) is 33.0 Å². The molecule has 1 atom stereocenters. The predicted octanol–water partition coefficient (Wildman–Crippen LogP) is 3.51. The highest BCUT2D eigenvalue weighted by Crippen LogP contribution is 2.27. The molecule has 0 aromatic heterocycles. The lowest BCUT2D eigenvalue weighted by Gasteiger charge is -2.29. The van der Waals surface area contributed by atoms with Gasteiger partial charge in [-0.2, -0.15) is 0 Å². The fraction of sp³-hybridized carbons (Fsp3) is 0.571. The van der Waals surface area contributed by atoms with Crippen LogP contribution in [0.4, 0.5) is 11.4 Å². The number of rotatable bonds is 4. The highest BCUT2D eigenvalue weighted by Gasteiger charge is 2.19. The number of nitrogens with one attached hydrogen (secondary N) is 1. The molecule has 0 aliphatic heterocycles. The minimum atomic E-state index is 0.205. The zero-order valence-corrected chi connectivity index (χ0v) is 11.5. The van der Waals surface area contributed by atoms with Crippen LogP contribution in [-0.2, 0) is 0 Å². The average Bonchev–Trinajstić information content (AvgIpc) is 2.15. The summed E-state index contributed by atoms with van der Waals surface area (Å²) in [5, 5.41) is 3.46. The van der Waals surface area contributed by atoms with Crippen molar-refractivity contribution in [3.8, 4) is 5.75 Å².